The number of carbonyl (C=O) groups excluding carboxylic acids is 1. The first-order chi connectivity index (χ1) is 9.54. The number of halogens is 1. The van der Waals surface area contributed by atoms with Gasteiger partial charge in [0.1, 0.15) is 0 Å². The van der Waals surface area contributed by atoms with E-state index in [1.165, 1.54) is 9.35 Å². The van der Waals surface area contributed by atoms with E-state index in [0.717, 1.165) is 32.8 Å². The summed E-state index contributed by atoms with van der Waals surface area (Å²) in [5.41, 5.74) is 5.20. The summed E-state index contributed by atoms with van der Waals surface area (Å²) < 4.78 is 6.94. The first kappa shape index (κ1) is 15.9. The van der Waals surface area contributed by atoms with E-state index in [4.69, 9.17) is 10.5 Å². The zero-order valence-electron chi connectivity index (χ0n) is 11.5. The van der Waals surface area contributed by atoms with Gasteiger partial charge in [0.25, 0.3) is 0 Å². The fourth-order valence-corrected chi connectivity index (χ4v) is 3.87. The molecule has 2 rings (SSSR count). The second-order valence-corrected chi connectivity index (χ2v) is 6.94. The minimum atomic E-state index is -0.303. The molecule has 0 saturated carbocycles. The lowest BCUT2D eigenvalue weighted by Crippen LogP contribution is -2.47. The highest BCUT2D eigenvalue weighted by atomic mass is 79.9. The number of ether oxygens (including phenoxy) is 1. The molecule has 20 heavy (non-hydrogen) atoms. The largest absolute Gasteiger partial charge is 0.374 e. The van der Waals surface area contributed by atoms with Gasteiger partial charge in [-0.15, -0.1) is 11.3 Å². The smallest absolute Gasteiger partial charge is 0.231 e. The van der Waals surface area contributed by atoms with Gasteiger partial charge in [0.2, 0.25) is 5.91 Å². The third-order valence-electron chi connectivity index (χ3n) is 3.22. The van der Waals surface area contributed by atoms with Crippen molar-refractivity contribution in [3.05, 3.63) is 20.8 Å². The summed E-state index contributed by atoms with van der Waals surface area (Å²) in [4.78, 5) is 16.5. The minimum absolute atomic E-state index is 0.131. The predicted octanol–water partition coefficient (Wildman–Crippen LogP) is 1.13. The zero-order valence-corrected chi connectivity index (χ0v) is 14.0. The van der Waals surface area contributed by atoms with Gasteiger partial charge in [0.05, 0.1) is 19.3 Å². The Bertz CT molecular complexity index is 455. The summed E-state index contributed by atoms with van der Waals surface area (Å²) >= 11 is 5.33. The number of primary amides is 1. The first-order valence-electron chi connectivity index (χ1n) is 6.57. The Labute approximate surface area is 131 Å². The van der Waals surface area contributed by atoms with Crippen LogP contribution in [0.25, 0.3) is 0 Å². The van der Waals surface area contributed by atoms with Crippen LogP contribution in [0.15, 0.2) is 15.9 Å². The topological polar surface area (TPSA) is 58.8 Å². The molecule has 2 N–H and O–H groups in total. The Morgan fingerprint density at radius 2 is 2.50 bits per heavy atom. The van der Waals surface area contributed by atoms with E-state index >= 15 is 0 Å². The third kappa shape index (κ3) is 4.82. The number of hydrogen-bond acceptors (Lipinski definition) is 5. The average Bonchev–Trinajstić information content (AvgIpc) is 2.74. The summed E-state index contributed by atoms with van der Waals surface area (Å²) in [6.07, 6.45) is 0.131. The van der Waals surface area contributed by atoms with E-state index in [0.29, 0.717) is 0 Å². The molecular formula is C13H20BrN3O2S. The van der Waals surface area contributed by atoms with Crippen LogP contribution in [0.3, 0.4) is 0 Å². The van der Waals surface area contributed by atoms with Crippen LogP contribution in [0, 0.1) is 0 Å². The van der Waals surface area contributed by atoms with Gasteiger partial charge in [-0.25, -0.2) is 0 Å². The molecule has 0 aromatic carbocycles. The average molecular weight is 362 g/mol. The van der Waals surface area contributed by atoms with E-state index in [-0.39, 0.29) is 18.6 Å². The summed E-state index contributed by atoms with van der Waals surface area (Å²) in [5, 5.41) is 2.10. The van der Waals surface area contributed by atoms with Crippen LogP contribution in [0.2, 0.25) is 0 Å². The summed E-state index contributed by atoms with van der Waals surface area (Å²) in [7, 11) is 1.89. The zero-order chi connectivity index (χ0) is 14.5. The van der Waals surface area contributed by atoms with Crippen LogP contribution < -0.4 is 5.73 Å². The molecule has 2 heterocycles. The molecule has 112 valence electrons. The van der Waals surface area contributed by atoms with Gasteiger partial charge in [-0.05, 0) is 34.4 Å². The molecule has 0 aliphatic carbocycles. The van der Waals surface area contributed by atoms with Gasteiger partial charge >= 0.3 is 0 Å². The Kier molecular flexibility index (Phi) is 5.98. The lowest BCUT2D eigenvalue weighted by atomic mass is 10.2. The van der Waals surface area contributed by atoms with Crippen LogP contribution >= 0.6 is 27.3 Å². The van der Waals surface area contributed by atoms with Crippen LogP contribution in [-0.2, 0) is 16.1 Å². The number of carbonyl (C=O) groups is 1. The second kappa shape index (κ2) is 7.51. The molecule has 0 bridgehead atoms. The van der Waals surface area contributed by atoms with E-state index in [1.54, 1.807) is 11.3 Å². The normalized spacial score (nSPS) is 20.4. The van der Waals surface area contributed by atoms with Crippen molar-refractivity contribution in [2.24, 2.45) is 5.73 Å². The van der Waals surface area contributed by atoms with Crippen LogP contribution in [0.1, 0.15) is 4.88 Å². The first-order valence-corrected chi connectivity index (χ1v) is 8.24. The summed E-state index contributed by atoms with van der Waals surface area (Å²) in [5.74, 6) is -0.303. The van der Waals surface area contributed by atoms with Crippen molar-refractivity contribution >= 4 is 33.2 Å². The molecule has 1 saturated heterocycles. The Balaban J connectivity index is 1.82. The highest BCUT2D eigenvalue weighted by molar-refractivity contribution is 9.10. The fraction of sp³-hybridized carbons (Fsp3) is 0.615. The molecule has 1 atom stereocenters. The van der Waals surface area contributed by atoms with Crippen molar-refractivity contribution in [2.45, 2.75) is 12.6 Å². The maximum absolute atomic E-state index is 10.9. The summed E-state index contributed by atoms with van der Waals surface area (Å²) in [6, 6.07) is 2.08. The number of hydrogen-bond donors (Lipinski definition) is 1. The lowest BCUT2D eigenvalue weighted by Gasteiger charge is -2.34. The van der Waals surface area contributed by atoms with Crippen molar-refractivity contribution < 1.29 is 9.53 Å². The van der Waals surface area contributed by atoms with Crippen molar-refractivity contribution in [3.8, 4) is 0 Å². The Hall–Kier alpha value is -0.470. The lowest BCUT2D eigenvalue weighted by molar-refractivity contribution is -0.119. The molecule has 7 heteroatoms. The van der Waals surface area contributed by atoms with Gasteiger partial charge in [0.15, 0.2) is 0 Å². The SMILES string of the molecule is CN(CC(N)=O)CC1CN(Cc2sccc2Br)CCO1. The standard InChI is InChI=1S/C13H20BrN3O2S/c1-16(9-13(15)18)6-10-7-17(3-4-19-10)8-12-11(14)2-5-20-12/h2,5,10H,3-4,6-9H2,1H3,(H2,15,18). The number of nitrogens with two attached hydrogens (primary N) is 1. The maximum Gasteiger partial charge on any atom is 0.231 e. The quantitative estimate of drug-likeness (QED) is 0.824. The van der Waals surface area contributed by atoms with Crippen LogP contribution in [-0.4, -0.2) is 61.6 Å². The van der Waals surface area contributed by atoms with Crippen molar-refractivity contribution in [1.82, 2.24) is 9.80 Å². The number of nitrogens with zero attached hydrogens (tertiary/aromatic N) is 2. The highest BCUT2D eigenvalue weighted by Gasteiger charge is 2.22. The molecular weight excluding hydrogens is 342 g/mol. The van der Waals surface area contributed by atoms with E-state index in [2.05, 4.69) is 32.3 Å². The molecule has 1 aliphatic rings. The molecule has 5 nitrogen and oxygen atoms in total. The predicted molar refractivity (Wildman–Crippen MR) is 83.7 cm³/mol. The second-order valence-electron chi connectivity index (χ2n) is 5.08. The van der Waals surface area contributed by atoms with Crippen molar-refractivity contribution in [3.63, 3.8) is 0 Å². The third-order valence-corrected chi connectivity index (χ3v) is 5.13. The van der Waals surface area contributed by atoms with Gasteiger partial charge in [-0.3, -0.25) is 14.6 Å². The van der Waals surface area contributed by atoms with E-state index < -0.39 is 0 Å². The van der Waals surface area contributed by atoms with E-state index in [9.17, 15) is 4.79 Å². The number of amides is 1. The Morgan fingerprint density at radius 3 is 3.15 bits per heavy atom. The van der Waals surface area contributed by atoms with Gasteiger partial charge in [-0.1, -0.05) is 0 Å². The molecule has 1 aromatic rings. The van der Waals surface area contributed by atoms with Gasteiger partial charge < -0.3 is 10.5 Å². The monoisotopic (exact) mass is 361 g/mol. The van der Waals surface area contributed by atoms with Crippen molar-refractivity contribution in [1.29, 1.82) is 0 Å². The summed E-state index contributed by atoms with van der Waals surface area (Å²) in [6.45, 7) is 4.50. The molecule has 0 radical (unpaired) electrons. The van der Waals surface area contributed by atoms with Crippen molar-refractivity contribution in [2.75, 3.05) is 39.8 Å². The fourth-order valence-electron chi connectivity index (χ4n) is 2.35. The molecule has 1 aromatic heterocycles. The Morgan fingerprint density at radius 1 is 1.70 bits per heavy atom. The number of morpholine rings is 1. The van der Waals surface area contributed by atoms with Crippen LogP contribution in [0.4, 0.5) is 0 Å². The highest BCUT2D eigenvalue weighted by Crippen LogP contribution is 2.24. The molecule has 0 spiro atoms. The number of likely N-dealkylation sites (N-methyl/N-ethyl adjacent to an activating group) is 1. The number of rotatable bonds is 6. The maximum atomic E-state index is 10.9. The molecule has 1 unspecified atom stereocenters. The van der Waals surface area contributed by atoms with Gasteiger partial charge in [-0.2, -0.15) is 0 Å². The molecule has 1 amide bonds. The van der Waals surface area contributed by atoms with Crippen LogP contribution in [0.5, 0.6) is 0 Å². The van der Waals surface area contributed by atoms with E-state index in [1.807, 2.05) is 11.9 Å². The molecule has 1 aliphatic heterocycles. The van der Waals surface area contributed by atoms with Gasteiger partial charge in [0, 0.05) is 35.5 Å². The minimum Gasteiger partial charge on any atom is -0.374 e. The molecule has 1 fully saturated rings. The number of thiophene rings is 1.